The van der Waals surface area contributed by atoms with Crippen molar-refractivity contribution in [3.63, 3.8) is 0 Å². The van der Waals surface area contributed by atoms with E-state index < -0.39 is 12.3 Å². The Morgan fingerprint density at radius 3 is 1.60 bits per heavy atom. The largest absolute Gasteiger partial charge is 0.514 e. The summed E-state index contributed by atoms with van der Waals surface area (Å²) < 4.78 is 19.5. The maximum atomic E-state index is 11.3. The molecule has 0 saturated carbocycles. The molecule has 0 heterocycles. The molecule has 0 bridgehead atoms. The molecule has 0 unspecified atom stereocenters. The van der Waals surface area contributed by atoms with Crippen molar-refractivity contribution in [2.75, 3.05) is 0 Å². The second-order valence-electron chi connectivity index (χ2n) is 4.51. The second-order valence-corrected chi connectivity index (χ2v) is 4.51. The van der Waals surface area contributed by atoms with Crippen LogP contribution in [-0.2, 0) is 9.47 Å². The van der Waals surface area contributed by atoms with Gasteiger partial charge in [0, 0.05) is 6.07 Å². The zero-order chi connectivity index (χ0) is 15.1. The van der Waals surface area contributed by atoms with E-state index in [1.54, 1.807) is 45.9 Å². The quantitative estimate of drug-likeness (QED) is 0.621. The van der Waals surface area contributed by atoms with Crippen molar-refractivity contribution in [1.82, 2.24) is 0 Å². The first-order chi connectivity index (χ1) is 9.36. The third-order valence-corrected chi connectivity index (χ3v) is 1.87. The Bertz CT molecular complexity index is 427. The highest BCUT2D eigenvalue weighted by Gasteiger charge is 2.11. The van der Waals surface area contributed by atoms with Gasteiger partial charge in [0.1, 0.15) is 11.5 Å². The van der Waals surface area contributed by atoms with Gasteiger partial charge in [0.05, 0.1) is 12.2 Å². The van der Waals surface area contributed by atoms with Crippen LogP contribution in [0.4, 0.5) is 9.59 Å². The molecule has 6 nitrogen and oxygen atoms in total. The molecule has 1 aromatic rings. The van der Waals surface area contributed by atoms with Crippen molar-refractivity contribution in [3.05, 3.63) is 24.3 Å². The van der Waals surface area contributed by atoms with Crippen LogP contribution >= 0.6 is 0 Å². The van der Waals surface area contributed by atoms with E-state index in [2.05, 4.69) is 0 Å². The Balaban J connectivity index is 2.61. The van der Waals surface area contributed by atoms with Crippen molar-refractivity contribution < 1.29 is 28.5 Å². The topological polar surface area (TPSA) is 71.1 Å². The highest BCUT2D eigenvalue weighted by molar-refractivity contribution is 5.66. The minimum Gasteiger partial charge on any atom is -0.431 e. The number of hydrogen-bond donors (Lipinski definition) is 0. The van der Waals surface area contributed by atoms with E-state index in [1.807, 2.05) is 0 Å². The van der Waals surface area contributed by atoms with Crippen molar-refractivity contribution in [2.45, 2.75) is 39.9 Å². The van der Waals surface area contributed by atoms with Gasteiger partial charge in [-0.05, 0) is 39.8 Å². The van der Waals surface area contributed by atoms with Crippen LogP contribution in [0.1, 0.15) is 27.7 Å². The lowest BCUT2D eigenvalue weighted by atomic mass is 10.3. The lowest BCUT2D eigenvalue weighted by Crippen LogP contribution is -2.16. The summed E-state index contributed by atoms with van der Waals surface area (Å²) in [7, 11) is 0. The minimum absolute atomic E-state index is 0.213. The summed E-state index contributed by atoms with van der Waals surface area (Å²) in [5, 5.41) is 0. The summed E-state index contributed by atoms with van der Waals surface area (Å²) in [5.74, 6) is 0.427. The monoisotopic (exact) mass is 282 g/mol. The summed E-state index contributed by atoms with van der Waals surface area (Å²) in [4.78, 5) is 22.6. The van der Waals surface area contributed by atoms with E-state index in [0.29, 0.717) is 0 Å². The van der Waals surface area contributed by atoms with Gasteiger partial charge in [0.15, 0.2) is 0 Å². The number of carbonyl (C=O) groups is 2. The van der Waals surface area contributed by atoms with Crippen LogP contribution in [-0.4, -0.2) is 24.5 Å². The Labute approximate surface area is 117 Å². The Kier molecular flexibility index (Phi) is 5.83. The van der Waals surface area contributed by atoms with Gasteiger partial charge in [-0.15, -0.1) is 0 Å². The Hall–Kier alpha value is -2.24. The molecule has 1 aromatic carbocycles. The molecule has 0 saturated heterocycles. The molecule has 0 aromatic heterocycles. The molecule has 0 aliphatic rings. The van der Waals surface area contributed by atoms with Gasteiger partial charge in [-0.1, -0.05) is 6.07 Å². The molecule has 110 valence electrons. The molecular formula is C14H18O6. The third kappa shape index (κ3) is 6.08. The molecule has 0 radical (unpaired) electrons. The summed E-state index contributed by atoms with van der Waals surface area (Å²) in [6, 6.07) is 6.06. The average Bonchev–Trinajstić information content (AvgIpc) is 2.26. The Morgan fingerprint density at radius 1 is 0.850 bits per heavy atom. The van der Waals surface area contributed by atoms with E-state index in [0.717, 1.165) is 0 Å². The predicted molar refractivity (Wildman–Crippen MR) is 70.9 cm³/mol. The zero-order valence-electron chi connectivity index (χ0n) is 11.9. The van der Waals surface area contributed by atoms with Crippen LogP contribution < -0.4 is 9.47 Å². The second kappa shape index (κ2) is 7.37. The maximum Gasteiger partial charge on any atom is 0.514 e. The highest BCUT2D eigenvalue weighted by Crippen LogP contribution is 2.20. The number of carbonyl (C=O) groups excluding carboxylic acids is 2. The molecule has 0 N–H and O–H groups in total. The SMILES string of the molecule is CC(C)OC(=O)Oc1cccc(OC(=O)OC(C)C)c1. The molecule has 0 fully saturated rings. The standard InChI is InChI=1S/C14H18O6/c1-9(2)17-13(15)19-11-6-5-7-12(8-11)20-14(16)18-10(3)4/h5-10H,1-4H3. The summed E-state index contributed by atoms with van der Waals surface area (Å²) in [6.07, 6.45) is -2.19. The van der Waals surface area contributed by atoms with Gasteiger partial charge < -0.3 is 18.9 Å². The van der Waals surface area contributed by atoms with Crippen molar-refractivity contribution >= 4 is 12.3 Å². The van der Waals surface area contributed by atoms with Crippen LogP contribution in [0, 0.1) is 0 Å². The summed E-state index contributed by atoms with van der Waals surface area (Å²) >= 11 is 0. The van der Waals surface area contributed by atoms with E-state index in [4.69, 9.17) is 18.9 Å². The molecule has 6 heteroatoms. The lowest BCUT2D eigenvalue weighted by Gasteiger charge is -2.10. The van der Waals surface area contributed by atoms with E-state index in [9.17, 15) is 9.59 Å². The van der Waals surface area contributed by atoms with Gasteiger partial charge in [-0.2, -0.15) is 0 Å². The normalized spacial score (nSPS) is 10.3. The number of hydrogen-bond acceptors (Lipinski definition) is 6. The molecule has 0 spiro atoms. The van der Waals surface area contributed by atoms with Crippen LogP contribution in [0.5, 0.6) is 11.5 Å². The van der Waals surface area contributed by atoms with Crippen LogP contribution in [0.3, 0.4) is 0 Å². The minimum atomic E-state index is -0.818. The van der Waals surface area contributed by atoms with E-state index in [1.165, 1.54) is 6.07 Å². The van der Waals surface area contributed by atoms with Crippen LogP contribution in [0.15, 0.2) is 24.3 Å². The lowest BCUT2D eigenvalue weighted by molar-refractivity contribution is 0.0720. The van der Waals surface area contributed by atoms with Gasteiger partial charge >= 0.3 is 12.3 Å². The van der Waals surface area contributed by atoms with Gasteiger partial charge in [0.2, 0.25) is 0 Å². The Morgan fingerprint density at radius 2 is 1.25 bits per heavy atom. The molecule has 0 aliphatic carbocycles. The first kappa shape index (κ1) is 15.8. The van der Waals surface area contributed by atoms with Gasteiger partial charge in [-0.3, -0.25) is 0 Å². The molecule has 1 rings (SSSR count). The summed E-state index contributed by atoms with van der Waals surface area (Å²) in [5.41, 5.74) is 0. The van der Waals surface area contributed by atoms with Gasteiger partial charge in [0.25, 0.3) is 0 Å². The van der Waals surface area contributed by atoms with E-state index >= 15 is 0 Å². The molecular weight excluding hydrogens is 264 g/mol. The fourth-order valence-electron chi connectivity index (χ4n) is 1.23. The number of ether oxygens (including phenoxy) is 4. The zero-order valence-corrected chi connectivity index (χ0v) is 11.9. The maximum absolute atomic E-state index is 11.3. The number of rotatable bonds is 4. The summed E-state index contributed by atoms with van der Waals surface area (Å²) in [6.45, 7) is 6.84. The van der Waals surface area contributed by atoms with Gasteiger partial charge in [-0.25, -0.2) is 9.59 Å². The molecule has 0 amide bonds. The third-order valence-electron chi connectivity index (χ3n) is 1.87. The molecule has 0 atom stereocenters. The van der Waals surface area contributed by atoms with Crippen molar-refractivity contribution in [2.24, 2.45) is 0 Å². The van der Waals surface area contributed by atoms with Crippen molar-refractivity contribution in [3.8, 4) is 11.5 Å². The first-order valence-electron chi connectivity index (χ1n) is 6.24. The van der Waals surface area contributed by atoms with Crippen molar-refractivity contribution in [1.29, 1.82) is 0 Å². The molecule has 0 aliphatic heterocycles. The average molecular weight is 282 g/mol. The smallest absolute Gasteiger partial charge is 0.431 e. The fraction of sp³-hybridized carbons (Fsp3) is 0.429. The van der Waals surface area contributed by atoms with E-state index in [-0.39, 0.29) is 23.7 Å². The highest BCUT2D eigenvalue weighted by atomic mass is 16.7. The van der Waals surface area contributed by atoms with Crippen LogP contribution in [0.2, 0.25) is 0 Å². The van der Waals surface area contributed by atoms with Crippen LogP contribution in [0.25, 0.3) is 0 Å². The predicted octanol–water partition coefficient (Wildman–Crippen LogP) is 3.53. The fourth-order valence-corrected chi connectivity index (χ4v) is 1.23. The number of benzene rings is 1. The molecule has 20 heavy (non-hydrogen) atoms. The first-order valence-corrected chi connectivity index (χ1v) is 6.24.